The molecule has 0 spiro atoms. The van der Waals surface area contributed by atoms with Gasteiger partial charge in [0.1, 0.15) is 24.9 Å². The topological polar surface area (TPSA) is 63.6 Å². The minimum atomic E-state index is -0.250. The molecule has 1 heterocycles. The second-order valence-electron chi connectivity index (χ2n) is 6.67. The Morgan fingerprint density at radius 3 is 2.38 bits per heavy atom. The summed E-state index contributed by atoms with van der Waals surface area (Å²) < 4.78 is 5.70. The van der Waals surface area contributed by atoms with Crippen LogP contribution in [-0.2, 0) is 0 Å². The normalized spacial score (nSPS) is 13.3. The lowest BCUT2D eigenvalue weighted by Crippen LogP contribution is -3.14. The summed E-state index contributed by atoms with van der Waals surface area (Å²) in [5.74, 6) is 0.727. The highest BCUT2D eigenvalue weighted by atomic mass is 35.5. The van der Waals surface area contributed by atoms with Crippen LogP contribution in [-0.4, -0.2) is 42.8 Å². The lowest BCUT2D eigenvalue weighted by atomic mass is 10.0. The summed E-state index contributed by atoms with van der Waals surface area (Å²) in [6, 6.07) is 6.95. The van der Waals surface area contributed by atoms with Gasteiger partial charge in [0.2, 0.25) is 5.78 Å². The fraction of sp³-hybridized carbons (Fsp3) is 0.400. The lowest BCUT2D eigenvalue weighted by molar-refractivity contribution is -0.893. The van der Waals surface area contributed by atoms with Gasteiger partial charge in [-0.2, -0.15) is 0 Å². The number of hydrogen-bond acceptors (Lipinski definition) is 3. The molecule has 2 atom stereocenters. The van der Waals surface area contributed by atoms with Crippen LogP contribution in [0.2, 0.25) is 5.02 Å². The van der Waals surface area contributed by atoms with E-state index in [2.05, 4.69) is 4.98 Å². The number of aromatic nitrogens is 1. The van der Waals surface area contributed by atoms with Crippen LogP contribution in [0.15, 0.2) is 24.3 Å². The molecule has 0 amide bonds. The number of benzene rings is 1. The summed E-state index contributed by atoms with van der Waals surface area (Å²) in [6.07, 6.45) is 0. The van der Waals surface area contributed by atoms with Gasteiger partial charge in [-0.15, -0.1) is 0 Å². The van der Waals surface area contributed by atoms with E-state index in [9.17, 15) is 9.59 Å². The number of ketones is 2. The van der Waals surface area contributed by atoms with E-state index < -0.39 is 0 Å². The number of likely N-dealkylation sites (N-methyl/N-ethyl adjacent to an activating group) is 1. The number of halogens is 1. The van der Waals surface area contributed by atoms with Gasteiger partial charge >= 0.3 is 0 Å². The molecule has 0 saturated heterocycles. The molecular formula is C20H26ClN2O3+. The first-order valence-electron chi connectivity index (χ1n) is 8.67. The third-order valence-corrected chi connectivity index (χ3v) is 5.00. The van der Waals surface area contributed by atoms with Gasteiger partial charge in [-0.3, -0.25) is 9.59 Å². The smallest absolute Gasteiger partial charge is 0.235 e. The van der Waals surface area contributed by atoms with Crippen molar-refractivity contribution in [2.45, 2.75) is 33.7 Å². The molecule has 0 radical (unpaired) electrons. The van der Waals surface area contributed by atoms with Crippen molar-refractivity contribution < 1.29 is 19.2 Å². The van der Waals surface area contributed by atoms with E-state index in [-0.39, 0.29) is 17.6 Å². The van der Waals surface area contributed by atoms with Gasteiger partial charge < -0.3 is 14.6 Å². The van der Waals surface area contributed by atoms with Gasteiger partial charge in [-0.25, -0.2) is 0 Å². The molecule has 2 N–H and O–H groups in total. The number of hydrogen-bond donors (Lipinski definition) is 2. The Kier molecular flexibility index (Phi) is 6.62. The second-order valence-corrected chi connectivity index (χ2v) is 7.10. The van der Waals surface area contributed by atoms with Crippen molar-refractivity contribution in [2.24, 2.45) is 0 Å². The average molecular weight is 378 g/mol. The number of Topliss-reactive ketones (excluding diaryl/α,β-unsaturated/α-hetero) is 2. The van der Waals surface area contributed by atoms with Crippen LogP contribution in [0.4, 0.5) is 0 Å². The van der Waals surface area contributed by atoms with E-state index in [4.69, 9.17) is 16.3 Å². The first-order chi connectivity index (χ1) is 12.2. The Morgan fingerprint density at radius 1 is 1.23 bits per heavy atom. The standard InChI is InChI=1S/C20H25ClN2O3/c1-12-18(15(4)24)13(2)22-19(12)20(25)14(3)23(5)10-11-26-17-8-6-16(21)7-9-17/h6-9,14,22H,10-11H2,1-5H3/p+1/t14-/m1/s1. The lowest BCUT2D eigenvalue weighted by Gasteiger charge is -2.20. The van der Waals surface area contributed by atoms with Crippen LogP contribution in [0.25, 0.3) is 0 Å². The van der Waals surface area contributed by atoms with E-state index >= 15 is 0 Å². The molecule has 1 unspecified atom stereocenters. The van der Waals surface area contributed by atoms with Crippen molar-refractivity contribution in [1.82, 2.24) is 4.98 Å². The summed E-state index contributed by atoms with van der Waals surface area (Å²) in [7, 11) is 1.96. The van der Waals surface area contributed by atoms with E-state index in [1.807, 2.05) is 40.0 Å². The Balaban J connectivity index is 1.98. The zero-order valence-corrected chi connectivity index (χ0v) is 16.7. The number of ether oxygens (including phenoxy) is 1. The molecule has 0 aliphatic rings. The fourth-order valence-electron chi connectivity index (χ4n) is 3.04. The molecular weight excluding hydrogens is 352 g/mol. The van der Waals surface area contributed by atoms with Gasteiger partial charge in [0.15, 0.2) is 5.78 Å². The third-order valence-electron chi connectivity index (χ3n) is 4.75. The Hall–Kier alpha value is -2.11. The highest BCUT2D eigenvalue weighted by Gasteiger charge is 2.28. The minimum Gasteiger partial charge on any atom is -0.488 e. The largest absolute Gasteiger partial charge is 0.488 e. The Morgan fingerprint density at radius 2 is 1.85 bits per heavy atom. The fourth-order valence-corrected chi connectivity index (χ4v) is 3.17. The van der Waals surface area contributed by atoms with Crippen molar-refractivity contribution in [3.05, 3.63) is 51.8 Å². The number of aryl methyl sites for hydroxylation is 1. The van der Waals surface area contributed by atoms with E-state index in [0.29, 0.717) is 29.4 Å². The number of quaternary nitrogens is 1. The Labute approximate surface area is 159 Å². The number of nitrogens with one attached hydrogen (secondary N) is 2. The molecule has 140 valence electrons. The molecule has 0 aliphatic carbocycles. The molecule has 6 heteroatoms. The van der Waals surface area contributed by atoms with E-state index in [1.54, 1.807) is 12.1 Å². The predicted molar refractivity (Wildman–Crippen MR) is 103 cm³/mol. The first-order valence-corrected chi connectivity index (χ1v) is 9.05. The number of aromatic amines is 1. The second kappa shape index (κ2) is 8.52. The Bertz CT molecular complexity index is 796. The minimum absolute atomic E-state index is 0.00194. The molecule has 0 saturated carbocycles. The van der Waals surface area contributed by atoms with Gasteiger partial charge in [0.25, 0.3) is 0 Å². The highest BCUT2D eigenvalue weighted by Crippen LogP contribution is 2.19. The number of H-pyrrole nitrogens is 1. The molecule has 0 fully saturated rings. The van der Waals surface area contributed by atoms with Crippen molar-refractivity contribution >= 4 is 23.2 Å². The molecule has 1 aromatic heterocycles. The van der Waals surface area contributed by atoms with Crippen molar-refractivity contribution in [2.75, 3.05) is 20.2 Å². The summed E-state index contributed by atoms with van der Waals surface area (Å²) in [4.78, 5) is 28.7. The number of carbonyl (C=O) groups is 2. The van der Waals surface area contributed by atoms with Crippen molar-refractivity contribution in [3.63, 3.8) is 0 Å². The maximum Gasteiger partial charge on any atom is 0.235 e. The number of carbonyl (C=O) groups excluding carboxylic acids is 2. The van der Waals surface area contributed by atoms with Crippen LogP contribution in [0, 0.1) is 13.8 Å². The molecule has 0 aliphatic heterocycles. The maximum atomic E-state index is 12.8. The van der Waals surface area contributed by atoms with Gasteiger partial charge in [0, 0.05) is 16.3 Å². The summed E-state index contributed by atoms with van der Waals surface area (Å²) in [5, 5.41) is 0.667. The van der Waals surface area contributed by atoms with Crippen LogP contribution >= 0.6 is 11.6 Å². The molecule has 5 nitrogen and oxygen atoms in total. The van der Waals surface area contributed by atoms with Gasteiger partial charge in [-0.05, 0) is 57.5 Å². The SMILES string of the molecule is CC(=O)c1c(C)[nH]c(C(=O)[C@@H](C)[NH+](C)CCOc2ccc(Cl)cc2)c1C. The van der Waals surface area contributed by atoms with E-state index in [1.165, 1.54) is 6.92 Å². The third kappa shape index (κ3) is 4.54. The van der Waals surface area contributed by atoms with Crippen LogP contribution < -0.4 is 9.64 Å². The summed E-state index contributed by atoms with van der Waals surface area (Å²) in [6.45, 7) is 8.22. The molecule has 2 rings (SSSR count). The van der Waals surface area contributed by atoms with Crippen molar-refractivity contribution in [1.29, 1.82) is 0 Å². The highest BCUT2D eigenvalue weighted by molar-refractivity contribution is 6.30. The van der Waals surface area contributed by atoms with Crippen LogP contribution in [0.3, 0.4) is 0 Å². The molecule has 1 aromatic carbocycles. The quantitative estimate of drug-likeness (QED) is 0.695. The van der Waals surface area contributed by atoms with Crippen LogP contribution in [0.5, 0.6) is 5.75 Å². The summed E-state index contributed by atoms with van der Waals surface area (Å²) in [5.41, 5.74) is 2.62. The zero-order chi connectivity index (χ0) is 19.4. The monoisotopic (exact) mass is 377 g/mol. The molecule has 0 bridgehead atoms. The summed E-state index contributed by atoms with van der Waals surface area (Å²) >= 11 is 5.85. The maximum absolute atomic E-state index is 12.8. The zero-order valence-electron chi connectivity index (χ0n) is 15.9. The van der Waals surface area contributed by atoms with Gasteiger partial charge in [-0.1, -0.05) is 11.6 Å². The number of rotatable bonds is 8. The van der Waals surface area contributed by atoms with E-state index in [0.717, 1.165) is 21.9 Å². The molecule has 2 aromatic rings. The van der Waals surface area contributed by atoms with Crippen LogP contribution in [0.1, 0.15) is 46.0 Å². The predicted octanol–water partition coefficient (Wildman–Crippen LogP) is 2.65. The average Bonchev–Trinajstić information content (AvgIpc) is 2.89. The molecule has 26 heavy (non-hydrogen) atoms. The van der Waals surface area contributed by atoms with Crippen molar-refractivity contribution in [3.8, 4) is 5.75 Å². The first kappa shape index (κ1) is 20.2. The van der Waals surface area contributed by atoms with Gasteiger partial charge in [0.05, 0.1) is 12.7 Å².